The van der Waals surface area contributed by atoms with E-state index in [0.29, 0.717) is 24.2 Å². The molecule has 0 bridgehead atoms. The number of carboxylic acids is 1. The highest BCUT2D eigenvalue weighted by atomic mass is 16.4. The first-order chi connectivity index (χ1) is 12.5. The number of carbonyl (C=O) groups is 3. The van der Waals surface area contributed by atoms with Crippen LogP contribution in [0.5, 0.6) is 0 Å². The van der Waals surface area contributed by atoms with E-state index in [-0.39, 0.29) is 17.7 Å². The minimum absolute atomic E-state index is 0.203. The molecule has 26 heavy (non-hydrogen) atoms. The smallest absolute Gasteiger partial charge is 0.311 e. The molecule has 1 aliphatic carbocycles. The van der Waals surface area contributed by atoms with Crippen molar-refractivity contribution < 1.29 is 19.5 Å². The van der Waals surface area contributed by atoms with Crippen LogP contribution in [0.1, 0.15) is 52.8 Å². The lowest BCUT2D eigenvalue weighted by Gasteiger charge is -2.23. The Morgan fingerprint density at radius 2 is 1.77 bits per heavy atom. The van der Waals surface area contributed by atoms with E-state index in [0.717, 1.165) is 45.2 Å². The number of aliphatic carboxylic acids is 1. The number of nitrogens with zero attached hydrogens (tertiary/aromatic N) is 2. The summed E-state index contributed by atoms with van der Waals surface area (Å²) in [7, 11) is 0. The molecule has 2 fully saturated rings. The molecule has 1 saturated carbocycles. The molecule has 2 amide bonds. The lowest BCUT2D eigenvalue weighted by molar-refractivity contribution is -0.149. The zero-order valence-electron chi connectivity index (χ0n) is 14.8. The zero-order chi connectivity index (χ0) is 18.3. The summed E-state index contributed by atoms with van der Waals surface area (Å²) in [6, 6.07) is 6.94. The van der Waals surface area contributed by atoms with Crippen LogP contribution >= 0.6 is 0 Å². The van der Waals surface area contributed by atoms with E-state index in [1.54, 1.807) is 24.3 Å². The van der Waals surface area contributed by atoms with Crippen molar-refractivity contribution >= 4 is 17.8 Å². The Kier molecular flexibility index (Phi) is 4.31. The third-order valence-electron chi connectivity index (χ3n) is 6.35. The van der Waals surface area contributed by atoms with Gasteiger partial charge in [0.05, 0.1) is 16.5 Å². The number of hydrogen-bond acceptors (Lipinski definition) is 4. The number of fused-ring (bicyclic) bond motifs is 2. The van der Waals surface area contributed by atoms with Crippen molar-refractivity contribution in [3.05, 3.63) is 35.4 Å². The van der Waals surface area contributed by atoms with Gasteiger partial charge in [-0.25, -0.2) is 0 Å². The standard InChI is InChI=1S/C20H24N2O4/c23-17-15-7-1-2-8-16(15)18(24)22(17)11-4-3-10-21-12-14-6-5-9-20(14,13-21)19(25)26/h1-2,7-8,14H,3-6,9-13H2,(H,25,26)/t14-,20+/m0/s1. The van der Waals surface area contributed by atoms with Gasteiger partial charge in [0.15, 0.2) is 0 Å². The van der Waals surface area contributed by atoms with E-state index in [2.05, 4.69) is 4.90 Å². The molecule has 138 valence electrons. The second-order valence-electron chi connectivity index (χ2n) is 7.80. The summed E-state index contributed by atoms with van der Waals surface area (Å²) >= 11 is 0. The first-order valence-corrected chi connectivity index (χ1v) is 9.44. The van der Waals surface area contributed by atoms with Crippen LogP contribution in [0.3, 0.4) is 0 Å². The van der Waals surface area contributed by atoms with Crippen molar-refractivity contribution in [1.29, 1.82) is 0 Å². The minimum atomic E-state index is -0.645. The third kappa shape index (κ3) is 2.63. The number of likely N-dealkylation sites (tertiary alicyclic amines) is 1. The van der Waals surface area contributed by atoms with Gasteiger partial charge in [-0.1, -0.05) is 18.6 Å². The molecule has 3 aliphatic rings. The molecule has 1 aromatic carbocycles. The van der Waals surface area contributed by atoms with Crippen molar-refractivity contribution in [3.8, 4) is 0 Å². The molecule has 1 N–H and O–H groups in total. The van der Waals surface area contributed by atoms with E-state index in [1.165, 1.54) is 4.90 Å². The van der Waals surface area contributed by atoms with Crippen LogP contribution in [0, 0.1) is 11.3 Å². The molecule has 1 saturated heterocycles. The number of carbonyl (C=O) groups excluding carboxylic acids is 2. The van der Waals surface area contributed by atoms with Crippen LogP contribution in [-0.4, -0.2) is 58.9 Å². The van der Waals surface area contributed by atoms with E-state index < -0.39 is 11.4 Å². The van der Waals surface area contributed by atoms with Crippen LogP contribution in [0.25, 0.3) is 0 Å². The molecular formula is C20H24N2O4. The van der Waals surface area contributed by atoms with Gasteiger partial charge in [0, 0.05) is 19.6 Å². The molecule has 6 nitrogen and oxygen atoms in total. The number of rotatable bonds is 6. The van der Waals surface area contributed by atoms with Gasteiger partial charge < -0.3 is 10.0 Å². The van der Waals surface area contributed by atoms with E-state index >= 15 is 0 Å². The Morgan fingerprint density at radius 1 is 1.12 bits per heavy atom. The number of unbranched alkanes of at least 4 members (excludes halogenated alkanes) is 1. The van der Waals surface area contributed by atoms with Gasteiger partial charge in [0.25, 0.3) is 11.8 Å². The SMILES string of the molecule is O=C1c2ccccc2C(=O)N1CCCCN1C[C@@H]2CCC[C@@]2(C(=O)O)C1. The molecule has 0 spiro atoms. The van der Waals surface area contributed by atoms with Crippen molar-refractivity contribution in [2.75, 3.05) is 26.2 Å². The molecule has 4 rings (SSSR count). The lowest BCUT2D eigenvalue weighted by Crippen LogP contribution is -2.36. The van der Waals surface area contributed by atoms with E-state index in [9.17, 15) is 19.5 Å². The van der Waals surface area contributed by atoms with Gasteiger partial charge in [-0.15, -0.1) is 0 Å². The molecule has 1 aromatic rings. The summed E-state index contributed by atoms with van der Waals surface area (Å²) in [4.78, 5) is 40.0. The maximum Gasteiger partial charge on any atom is 0.311 e. The summed E-state index contributed by atoms with van der Waals surface area (Å²) in [5, 5.41) is 9.64. The molecular weight excluding hydrogens is 332 g/mol. The van der Waals surface area contributed by atoms with Crippen LogP contribution in [0.4, 0.5) is 0 Å². The highest BCUT2D eigenvalue weighted by molar-refractivity contribution is 6.21. The van der Waals surface area contributed by atoms with Gasteiger partial charge in [-0.05, 0) is 50.3 Å². The Balaban J connectivity index is 1.28. The van der Waals surface area contributed by atoms with Gasteiger partial charge in [-0.2, -0.15) is 0 Å². The number of carboxylic acid groups (broad SMARTS) is 1. The molecule has 0 aromatic heterocycles. The van der Waals surface area contributed by atoms with Crippen molar-refractivity contribution in [2.45, 2.75) is 32.1 Å². The lowest BCUT2D eigenvalue weighted by atomic mass is 9.81. The van der Waals surface area contributed by atoms with Crippen LogP contribution < -0.4 is 0 Å². The van der Waals surface area contributed by atoms with Crippen LogP contribution in [0.15, 0.2) is 24.3 Å². The van der Waals surface area contributed by atoms with Crippen LogP contribution in [0.2, 0.25) is 0 Å². The largest absolute Gasteiger partial charge is 0.481 e. The Morgan fingerprint density at radius 3 is 2.38 bits per heavy atom. The summed E-state index contributed by atoms with van der Waals surface area (Å²) < 4.78 is 0. The molecule has 0 radical (unpaired) electrons. The highest BCUT2D eigenvalue weighted by Gasteiger charge is 2.54. The number of hydrogen-bond donors (Lipinski definition) is 1. The monoisotopic (exact) mass is 356 g/mol. The minimum Gasteiger partial charge on any atom is -0.481 e. The van der Waals surface area contributed by atoms with Crippen molar-refractivity contribution in [1.82, 2.24) is 9.80 Å². The second-order valence-corrected chi connectivity index (χ2v) is 7.80. The maximum atomic E-state index is 12.3. The summed E-state index contributed by atoms with van der Waals surface area (Å²) in [5.41, 5.74) is 0.448. The van der Waals surface area contributed by atoms with E-state index in [4.69, 9.17) is 0 Å². The highest BCUT2D eigenvalue weighted by Crippen LogP contribution is 2.48. The Hall–Kier alpha value is -2.21. The predicted octanol–water partition coefficient (Wildman–Crippen LogP) is 2.25. The predicted molar refractivity (Wildman–Crippen MR) is 94.9 cm³/mol. The summed E-state index contributed by atoms with van der Waals surface area (Å²) in [5.74, 6) is -0.776. The molecule has 6 heteroatoms. The second kappa shape index (κ2) is 6.50. The third-order valence-corrected chi connectivity index (χ3v) is 6.35. The first kappa shape index (κ1) is 17.2. The normalized spacial score (nSPS) is 27.8. The van der Waals surface area contributed by atoms with Crippen LogP contribution in [-0.2, 0) is 4.79 Å². The quantitative estimate of drug-likeness (QED) is 0.625. The van der Waals surface area contributed by atoms with E-state index in [1.807, 2.05) is 0 Å². The maximum absolute atomic E-state index is 12.3. The van der Waals surface area contributed by atoms with Gasteiger partial charge in [0.1, 0.15) is 0 Å². The topological polar surface area (TPSA) is 77.9 Å². The van der Waals surface area contributed by atoms with Gasteiger partial charge in [0.2, 0.25) is 0 Å². The average molecular weight is 356 g/mol. The first-order valence-electron chi connectivity index (χ1n) is 9.44. The summed E-state index contributed by atoms with van der Waals surface area (Å²) in [6.07, 6.45) is 4.42. The molecule has 2 aliphatic heterocycles. The molecule has 2 heterocycles. The van der Waals surface area contributed by atoms with Crippen molar-refractivity contribution in [2.24, 2.45) is 11.3 Å². The fourth-order valence-corrected chi connectivity index (χ4v) is 4.96. The fraction of sp³-hybridized carbons (Fsp3) is 0.550. The summed E-state index contributed by atoms with van der Waals surface area (Å²) in [6.45, 7) is 2.75. The van der Waals surface area contributed by atoms with Crippen molar-refractivity contribution in [3.63, 3.8) is 0 Å². The fourth-order valence-electron chi connectivity index (χ4n) is 4.96. The molecule has 0 unspecified atom stereocenters. The zero-order valence-corrected chi connectivity index (χ0v) is 14.8. The Labute approximate surface area is 152 Å². The molecule has 2 atom stereocenters. The Bertz CT molecular complexity index is 727. The van der Waals surface area contributed by atoms with Gasteiger partial charge in [-0.3, -0.25) is 19.3 Å². The number of imide groups is 1. The van der Waals surface area contributed by atoms with Gasteiger partial charge >= 0.3 is 5.97 Å². The number of amides is 2. The number of benzene rings is 1. The average Bonchev–Trinajstić information content (AvgIpc) is 3.25.